The fourth-order valence-electron chi connectivity index (χ4n) is 1.42. The normalized spacial score (nSPS) is 28.9. The largest absolute Gasteiger partial charge is 0.145 e. The van der Waals surface area contributed by atoms with Crippen molar-refractivity contribution in [1.29, 1.82) is 0 Å². The molecule has 1 aromatic heterocycles. The molecule has 0 nitrogen and oxygen atoms in total. The summed E-state index contributed by atoms with van der Waals surface area (Å²) in [4.78, 5) is 2.95. The molecule has 0 amide bonds. The number of hydrogen-bond donors (Lipinski definition) is 0. The highest BCUT2D eigenvalue weighted by atomic mass is 35.5. The van der Waals surface area contributed by atoms with Gasteiger partial charge < -0.3 is 0 Å². The highest BCUT2D eigenvalue weighted by Crippen LogP contribution is 2.49. The Morgan fingerprint density at radius 2 is 2.45 bits per heavy atom. The summed E-state index contributed by atoms with van der Waals surface area (Å²) in [6.45, 7) is 2.16. The molecular weight excluding hydrogens is 176 g/mol. The molecule has 1 fully saturated rings. The monoisotopic (exact) mass is 186 g/mol. The maximum atomic E-state index is 5.75. The number of hydrogen-bond acceptors (Lipinski definition) is 1. The van der Waals surface area contributed by atoms with Crippen molar-refractivity contribution in [3.63, 3.8) is 0 Å². The summed E-state index contributed by atoms with van der Waals surface area (Å²) in [6.07, 6.45) is 1.31. The zero-order valence-electron chi connectivity index (χ0n) is 6.51. The van der Waals surface area contributed by atoms with Gasteiger partial charge in [-0.15, -0.1) is 22.9 Å². The molecule has 2 rings (SSSR count). The first-order chi connectivity index (χ1) is 5.31. The van der Waals surface area contributed by atoms with Gasteiger partial charge in [0, 0.05) is 15.6 Å². The molecule has 1 heterocycles. The van der Waals surface area contributed by atoms with Gasteiger partial charge in [-0.3, -0.25) is 0 Å². The molecule has 2 unspecified atom stereocenters. The second kappa shape index (κ2) is 2.80. The third kappa shape index (κ3) is 1.45. The van der Waals surface area contributed by atoms with E-state index in [1.54, 1.807) is 0 Å². The van der Waals surface area contributed by atoms with Crippen molar-refractivity contribution in [3.8, 4) is 0 Å². The molecule has 1 aliphatic rings. The summed E-state index contributed by atoms with van der Waals surface area (Å²) in [5.74, 6) is 2.41. The third-order valence-electron chi connectivity index (χ3n) is 2.25. The Balaban J connectivity index is 2.08. The molecular formula is C9H11ClS. The van der Waals surface area contributed by atoms with Gasteiger partial charge in [0.05, 0.1) is 0 Å². The average Bonchev–Trinajstić information content (AvgIpc) is 2.68. The molecule has 60 valence electrons. The minimum Gasteiger partial charge on any atom is -0.145 e. The Hall–Kier alpha value is -0.0100. The minimum atomic E-state index is 0.773. The Morgan fingerprint density at radius 1 is 1.64 bits per heavy atom. The van der Waals surface area contributed by atoms with Gasteiger partial charge in [-0.1, -0.05) is 0 Å². The fourth-order valence-corrected chi connectivity index (χ4v) is 2.84. The van der Waals surface area contributed by atoms with Crippen molar-refractivity contribution in [3.05, 3.63) is 21.9 Å². The van der Waals surface area contributed by atoms with Crippen LogP contribution in [0.3, 0.4) is 0 Å². The lowest BCUT2D eigenvalue weighted by Gasteiger charge is -1.89. The van der Waals surface area contributed by atoms with Gasteiger partial charge in [0.15, 0.2) is 0 Å². The van der Waals surface area contributed by atoms with Crippen LogP contribution in [-0.2, 0) is 0 Å². The number of alkyl halides is 1. The molecule has 0 aromatic carbocycles. The van der Waals surface area contributed by atoms with Crippen LogP contribution in [0.1, 0.15) is 22.1 Å². The van der Waals surface area contributed by atoms with E-state index >= 15 is 0 Å². The van der Waals surface area contributed by atoms with Crippen LogP contribution in [0.25, 0.3) is 0 Å². The molecule has 2 atom stereocenters. The van der Waals surface area contributed by atoms with Gasteiger partial charge in [-0.25, -0.2) is 0 Å². The molecule has 0 bridgehead atoms. The van der Waals surface area contributed by atoms with E-state index in [2.05, 4.69) is 19.1 Å². The van der Waals surface area contributed by atoms with E-state index in [0.29, 0.717) is 0 Å². The van der Waals surface area contributed by atoms with Crippen LogP contribution < -0.4 is 0 Å². The van der Waals surface area contributed by atoms with E-state index in [4.69, 9.17) is 11.6 Å². The van der Waals surface area contributed by atoms with Gasteiger partial charge >= 0.3 is 0 Å². The zero-order valence-corrected chi connectivity index (χ0v) is 8.08. The minimum absolute atomic E-state index is 0.773. The van der Waals surface area contributed by atoms with Crippen LogP contribution in [0.2, 0.25) is 0 Å². The van der Waals surface area contributed by atoms with Crippen LogP contribution in [0.15, 0.2) is 12.1 Å². The summed E-state index contributed by atoms with van der Waals surface area (Å²) in [6, 6.07) is 4.45. The maximum Gasteiger partial charge on any atom is 0.0258 e. The number of rotatable bonds is 2. The first-order valence-corrected chi connectivity index (χ1v) is 5.28. The summed E-state index contributed by atoms with van der Waals surface area (Å²) in [5.41, 5.74) is 0. The Bertz CT molecular complexity index is 254. The highest BCUT2D eigenvalue weighted by molar-refractivity contribution is 7.12. The fraction of sp³-hybridized carbons (Fsp3) is 0.556. The predicted molar refractivity (Wildman–Crippen MR) is 50.6 cm³/mol. The van der Waals surface area contributed by atoms with Crippen LogP contribution in [-0.4, -0.2) is 5.88 Å². The molecule has 0 N–H and O–H groups in total. The molecule has 1 saturated carbocycles. The zero-order chi connectivity index (χ0) is 7.84. The number of aryl methyl sites for hydroxylation is 1. The predicted octanol–water partition coefficient (Wildman–Crippen LogP) is 3.40. The number of thiophene rings is 1. The highest BCUT2D eigenvalue weighted by Gasteiger charge is 2.38. The smallest absolute Gasteiger partial charge is 0.0258 e. The lowest BCUT2D eigenvalue weighted by Crippen LogP contribution is -1.78. The van der Waals surface area contributed by atoms with Crippen molar-refractivity contribution in [1.82, 2.24) is 0 Å². The lowest BCUT2D eigenvalue weighted by atomic mass is 10.3. The standard InChI is InChI=1S/C9H11ClS/c1-6-2-3-9(11-6)8-4-7(8)5-10/h2-3,7-8H,4-5H2,1H3. The molecule has 0 spiro atoms. The quantitative estimate of drug-likeness (QED) is 0.622. The van der Waals surface area contributed by atoms with E-state index in [-0.39, 0.29) is 0 Å². The Kier molecular flexibility index (Phi) is 1.94. The van der Waals surface area contributed by atoms with E-state index in [0.717, 1.165) is 17.7 Å². The van der Waals surface area contributed by atoms with Crippen LogP contribution in [0.4, 0.5) is 0 Å². The summed E-state index contributed by atoms with van der Waals surface area (Å²) in [7, 11) is 0. The molecule has 0 aliphatic heterocycles. The SMILES string of the molecule is Cc1ccc(C2CC2CCl)s1. The topological polar surface area (TPSA) is 0 Å². The first-order valence-electron chi connectivity index (χ1n) is 3.93. The summed E-state index contributed by atoms with van der Waals surface area (Å²) in [5, 5.41) is 0. The van der Waals surface area contributed by atoms with E-state index < -0.39 is 0 Å². The summed E-state index contributed by atoms with van der Waals surface area (Å²) < 4.78 is 0. The number of halogens is 1. The van der Waals surface area contributed by atoms with Gasteiger partial charge in [0.2, 0.25) is 0 Å². The van der Waals surface area contributed by atoms with Crippen LogP contribution in [0.5, 0.6) is 0 Å². The lowest BCUT2D eigenvalue weighted by molar-refractivity contribution is 0.935. The second-order valence-electron chi connectivity index (χ2n) is 3.20. The van der Waals surface area contributed by atoms with Gasteiger partial charge in [-0.2, -0.15) is 0 Å². The summed E-state index contributed by atoms with van der Waals surface area (Å²) >= 11 is 7.67. The van der Waals surface area contributed by atoms with Crippen LogP contribution in [0, 0.1) is 12.8 Å². The molecule has 1 aliphatic carbocycles. The first kappa shape index (κ1) is 7.63. The molecule has 1 aromatic rings. The van der Waals surface area contributed by atoms with Crippen molar-refractivity contribution in [2.75, 3.05) is 5.88 Å². The molecule has 0 saturated heterocycles. The van der Waals surface area contributed by atoms with Gasteiger partial charge in [0.1, 0.15) is 0 Å². The molecule has 0 radical (unpaired) electrons. The van der Waals surface area contributed by atoms with E-state index in [9.17, 15) is 0 Å². The van der Waals surface area contributed by atoms with Crippen molar-refractivity contribution >= 4 is 22.9 Å². The Labute approximate surface area is 76.2 Å². The van der Waals surface area contributed by atoms with Crippen molar-refractivity contribution in [2.24, 2.45) is 5.92 Å². The third-order valence-corrected chi connectivity index (χ3v) is 3.78. The molecule has 11 heavy (non-hydrogen) atoms. The van der Waals surface area contributed by atoms with Crippen molar-refractivity contribution < 1.29 is 0 Å². The van der Waals surface area contributed by atoms with E-state index in [1.165, 1.54) is 16.2 Å². The van der Waals surface area contributed by atoms with Gasteiger partial charge in [-0.05, 0) is 37.3 Å². The van der Waals surface area contributed by atoms with Crippen LogP contribution >= 0.6 is 22.9 Å². The maximum absolute atomic E-state index is 5.75. The van der Waals surface area contributed by atoms with Gasteiger partial charge in [0.25, 0.3) is 0 Å². The van der Waals surface area contributed by atoms with E-state index in [1.807, 2.05) is 11.3 Å². The average molecular weight is 187 g/mol. The molecule has 2 heteroatoms. The van der Waals surface area contributed by atoms with Crippen molar-refractivity contribution in [2.45, 2.75) is 19.3 Å². The second-order valence-corrected chi connectivity index (χ2v) is 4.83. The Morgan fingerprint density at radius 3 is 2.91 bits per heavy atom.